The minimum absolute atomic E-state index is 0.464. The van der Waals surface area contributed by atoms with Gasteiger partial charge in [-0.3, -0.25) is 9.80 Å². The summed E-state index contributed by atoms with van der Waals surface area (Å²) in [7, 11) is 4.24. The summed E-state index contributed by atoms with van der Waals surface area (Å²) in [4.78, 5) is 6.78. The van der Waals surface area contributed by atoms with Gasteiger partial charge in [0, 0.05) is 5.92 Å². The molecule has 0 saturated carbocycles. The van der Waals surface area contributed by atoms with E-state index in [4.69, 9.17) is 0 Å². The standard InChI is InChI=1S/C10H19N5S/c1-8(2)9-11-12-10(16-9)15-6-13(3)5-14(4)7-15/h8H,5-7H2,1-4H3. The van der Waals surface area contributed by atoms with Gasteiger partial charge >= 0.3 is 0 Å². The molecular formula is C10H19N5S. The summed E-state index contributed by atoms with van der Waals surface area (Å²) in [5.41, 5.74) is 0. The summed E-state index contributed by atoms with van der Waals surface area (Å²) >= 11 is 1.70. The number of nitrogens with zero attached hydrogens (tertiary/aromatic N) is 5. The van der Waals surface area contributed by atoms with E-state index in [9.17, 15) is 0 Å². The molecule has 0 spiro atoms. The highest BCUT2D eigenvalue weighted by atomic mass is 32.1. The third-order valence-electron chi connectivity index (χ3n) is 2.50. The maximum Gasteiger partial charge on any atom is 0.210 e. The lowest BCUT2D eigenvalue weighted by molar-refractivity contribution is 0.135. The molecule has 0 amide bonds. The van der Waals surface area contributed by atoms with Gasteiger partial charge in [0.15, 0.2) is 0 Å². The van der Waals surface area contributed by atoms with Crippen LogP contribution in [0.15, 0.2) is 0 Å². The van der Waals surface area contributed by atoms with Crippen LogP contribution in [0.5, 0.6) is 0 Å². The molecule has 0 atom stereocenters. The van der Waals surface area contributed by atoms with Crippen molar-refractivity contribution >= 4 is 16.5 Å². The van der Waals surface area contributed by atoms with Crippen molar-refractivity contribution in [3.63, 3.8) is 0 Å². The van der Waals surface area contributed by atoms with Crippen LogP contribution in [-0.4, -0.2) is 54.1 Å². The highest BCUT2D eigenvalue weighted by molar-refractivity contribution is 7.15. The summed E-state index contributed by atoms with van der Waals surface area (Å²) in [6.07, 6.45) is 0. The largest absolute Gasteiger partial charge is 0.321 e. The molecule has 5 nitrogen and oxygen atoms in total. The summed E-state index contributed by atoms with van der Waals surface area (Å²) in [6.45, 7) is 7.16. The lowest BCUT2D eigenvalue weighted by Gasteiger charge is -2.38. The third kappa shape index (κ3) is 2.50. The Kier molecular flexibility index (Phi) is 3.41. The molecule has 2 heterocycles. The van der Waals surface area contributed by atoms with Crippen molar-refractivity contribution in [2.75, 3.05) is 39.0 Å². The van der Waals surface area contributed by atoms with Gasteiger partial charge in [0.25, 0.3) is 0 Å². The van der Waals surface area contributed by atoms with E-state index in [0.717, 1.165) is 30.1 Å². The number of aromatic nitrogens is 2. The van der Waals surface area contributed by atoms with Gasteiger partial charge in [-0.1, -0.05) is 25.2 Å². The molecular weight excluding hydrogens is 222 g/mol. The number of hydrogen-bond donors (Lipinski definition) is 0. The van der Waals surface area contributed by atoms with E-state index in [2.05, 4.69) is 52.8 Å². The summed E-state index contributed by atoms with van der Waals surface area (Å²) in [5, 5.41) is 10.6. The maximum absolute atomic E-state index is 4.27. The number of rotatable bonds is 2. The fraction of sp³-hybridized carbons (Fsp3) is 0.800. The van der Waals surface area contributed by atoms with E-state index in [1.807, 2.05) is 0 Å². The molecule has 1 aliphatic rings. The molecule has 1 aliphatic heterocycles. The Labute approximate surface area is 101 Å². The Bertz CT molecular complexity index is 341. The molecule has 0 radical (unpaired) electrons. The number of anilines is 1. The zero-order valence-corrected chi connectivity index (χ0v) is 11.2. The third-order valence-corrected chi connectivity index (χ3v) is 3.79. The van der Waals surface area contributed by atoms with Gasteiger partial charge in [-0.2, -0.15) is 0 Å². The van der Waals surface area contributed by atoms with Gasteiger partial charge in [0.05, 0.1) is 20.0 Å². The second-order valence-electron chi connectivity index (χ2n) is 4.75. The molecule has 1 aromatic rings. The van der Waals surface area contributed by atoms with Crippen LogP contribution >= 0.6 is 11.3 Å². The first-order valence-corrected chi connectivity index (χ1v) is 6.33. The highest BCUT2D eigenvalue weighted by Crippen LogP contribution is 2.26. The van der Waals surface area contributed by atoms with E-state index in [1.165, 1.54) is 0 Å². The lowest BCUT2D eigenvalue weighted by atomic mass is 10.2. The second-order valence-corrected chi connectivity index (χ2v) is 5.74. The Morgan fingerprint density at radius 3 is 2.19 bits per heavy atom. The van der Waals surface area contributed by atoms with Gasteiger partial charge in [-0.25, -0.2) is 0 Å². The van der Waals surface area contributed by atoms with E-state index >= 15 is 0 Å². The monoisotopic (exact) mass is 241 g/mol. The normalized spacial score (nSPS) is 19.7. The number of hydrogen-bond acceptors (Lipinski definition) is 6. The zero-order valence-electron chi connectivity index (χ0n) is 10.3. The predicted molar refractivity (Wildman–Crippen MR) is 66.6 cm³/mol. The SMILES string of the molecule is CC(C)c1nnc(N2CN(C)CN(C)C2)s1. The van der Waals surface area contributed by atoms with Crippen LogP contribution in [-0.2, 0) is 0 Å². The average molecular weight is 241 g/mol. The minimum atomic E-state index is 0.464. The second kappa shape index (κ2) is 4.65. The van der Waals surface area contributed by atoms with Gasteiger partial charge in [-0.15, -0.1) is 10.2 Å². The summed E-state index contributed by atoms with van der Waals surface area (Å²) < 4.78 is 0. The van der Waals surface area contributed by atoms with Crippen LogP contribution in [0.4, 0.5) is 5.13 Å². The van der Waals surface area contributed by atoms with E-state index < -0.39 is 0 Å². The first kappa shape index (κ1) is 11.8. The van der Waals surface area contributed by atoms with Crippen molar-refractivity contribution in [3.8, 4) is 0 Å². The van der Waals surface area contributed by atoms with Crippen LogP contribution in [0.3, 0.4) is 0 Å². The fourth-order valence-corrected chi connectivity index (χ4v) is 2.67. The van der Waals surface area contributed by atoms with Crippen molar-refractivity contribution in [2.24, 2.45) is 0 Å². The zero-order chi connectivity index (χ0) is 11.7. The molecule has 0 aromatic carbocycles. The molecule has 0 bridgehead atoms. The van der Waals surface area contributed by atoms with Crippen molar-refractivity contribution in [1.29, 1.82) is 0 Å². The fourth-order valence-electron chi connectivity index (χ4n) is 1.84. The summed E-state index contributed by atoms with van der Waals surface area (Å²) in [6, 6.07) is 0. The van der Waals surface area contributed by atoms with Crippen molar-refractivity contribution < 1.29 is 0 Å². The maximum atomic E-state index is 4.27. The Balaban J connectivity index is 2.10. The van der Waals surface area contributed by atoms with Crippen molar-refractivity contribution in [3.05, 3.63) is 5.01 Å². The highest BCUT2D eigenvalue weighted by Gasteiger charge is 2.21. The molecule has 2 rings (SSSR count). The van der Waals surface area contributed by atoms with Gasteiger partial charge in [0.2, 0.25) is 5.13 Å². The Hall–Kier alpha value is -0.720. The molecule has 0 aliphatic carbocycles. The topological polar surface area (TPSA) is 35.5 Å². The van der Waals surface area contributed by atoms with Crippen LogP contribution in [0.25, 0.3) is 0 Å². The summed E-state index contributed by atoms with van der Waals surface area (Å²) in [5.74, 6) is 0.464. The van der Waals surface area contributed by atoms with Crippen molar-refractivity contribution in [1.82, 2.24) is 20.0 Å². The molecule has 0 unspecified atom stereocenters. The molecule has 1 saturated heterocycles. The van der Waals surface area contributed by atoms with Crippen molar-refractivity contribution in [2.45, 2.75) is 19.8 Å². The van der Waals surface area contributed by atoms with Crippen LogP contribution in [0, 0.1) is 0 Å². The van der Waals surface area contributed by atoms with Gasteiger partial charge < -0.3 is 4.90 Å². The first-order chi connectivity index (χ1) is 7.56. The minimum Gasteiger partial charge on any atom is -0.321 e. The molecule has 1 fully saturated rings. The molecule has 16 heavy (non-hydrogen) atoms. The van der Waals surface area contributed by atoms with E-state index in [1.54, 1.807) is 11.3 Å². The molecule has 0 N–H and O–H groups in total. The molecule has 6 heteroatoms. The lowest BCUT2D eigenvalue weighted by Crippen LogP contribution is -2.52. The Morgan fingerprint density at radius 2 is 1.69 bits per heavy atom. The van der Waals surface area contributed by atoms with Crippen LogP contribution < -0.4 is 4.90 Å². The van der Waals surface area contributed by atoms with Crippen LogP contribution in [0.2, 0.25) is 0 Å². The Morgan fingerprint density at radius 1 is 1.06 bits per heavy atom. The smallest absolute Gasteiger partial charge is 0.210 e. The quantitative estimate of drug-likeness (QED) is 0.778. The van der Waals surface area contributed by atoms with E-state index in [-0.39, 0.29) is 0 Å². The van der Waals surface area contributed by atoms with Gasteiger partial charge in [0.1, 0.15) is 5.01 Å². The average Bonchev–Trinajstić information content (AvgIpc) is 2.64. The molecule has 90 valence electrons. The van der Waals surface area contributed by atoms with Crippen LogP contribution in [0.1, 0.15) is 24.8 Å². The predicted octanol–water partition coefficient (Wildman–Crippen LogP) is 1.22. The first-order valence-electron chi connectivity index (χ1n) is 5.51. The van der Waals surface area contributed by atoms with Gasteiger partial charge in [-0.05, 0) is 14.1 Å². The van der Waals surface area contributed by atoms with E-state index in [0.29, 0.717) is 5.92 Å². The molecule has 1 aromatic heterocycles.